The number of nitrogens with zero attached hydrogens (tertiary/aromatic N) is 3. The molecule has 4 aromatic rings. The lowest BCUT2D eigenvalue weighted by molar-refractivity contribution is 0.0360. The molecule has 0 spiro atoms. The van der Waals surface area contributed by atoms with E-state index in [-0.39, 0.29) is 13.2 Å². The molecular weight excluding hydrogens is 447 g/mol. The van der Waals surface area contributed by atoms with E-state index in [4.69, 9.17) is 14.0 Å². The van der Waals surface area contributed by atoms with Crippen molar-refractivity contribution >= 4 is 18.6 Å². The van der Waals surface area contributed by atoms with E-state index in [1.165, 1.54) is 26.0 Å². The molecule has 0 radical (unpaired) electrons. The summed E-state index contributed by atoms with van der Waals surface area (Å²) in [6.45, 7) is 3.11. The number of hydrogen-bond donors (Lipinski definition) is 0. The molecule has 0 amide bonds. The Labute approximate surface area is 190 Å². The van der Waals surface area contributed by atoms with Crippen LogP contribution in [0.3, 0.4) is 0 Å². The van der Waals surface area contributed by atoms with Crippen LogP contribution < -0.4 is 0 Å². The highest BCUT2D eigenvalue weighted by atomic mass is 31.2. The number of imidazole rings is 1. The lowest BCUT2D eigenvalue weighted by atomic mass is 10.1. The van der Waals surface area contributed by atoms with Crippen LogP contribution in [0.25, 0.3) is 22.6 Å². The molecule has 9 heteroatoms. The van der Waals surface area contributed by atoms with E-state index in [9.17, 15) is 4.57 Å². The highest BCUT2D eigenvalue weighted by Crippen LogP contribution is 2.66. The van der Waals surface area contributed by atoms with Gasteiger partial charge in [-0.05, 0) is 43.7 Å². The smallest absolute Gasteiger partial charge is 0.318 e. The molecule has 0 atom stereocenters. The van der Waals surface area contributed by atoms with Crippen molar-refractivity contribution in [3.63, 3.8) is 0 Å². The summed E-state index contributed by atoms with van der Waals surface area (Å²) in [5.74, 6) is 0.684. The van der Waals surface area contributed by atoms with E-state index in [0.717, 1.165) is 16.6 Å². The van der Waals surface area contributed by atoms with Crippen molar-refractivity contribution in [2.24, 2.45) is 0 Å². The van der Waals surface area contributed by atoms with Gasteiger partial charge in [-0.25, -0.2) is 4.98 Å². The molecule has 6 nitrogen and oxygen atoms in total. The molecule has 172 valence electrons. The van der Waals surface area contributed by atoms with Crippen LogP contribution in [-0.4, -0.2) is 27.7 Å². The number of pyridine rings is 1. The van der Waals surface area contributed by atoms with Gasteiger partial charge in [-0.15, -0.1) is 0 Å². The van der Waals surface area contributed by atoms with E-state index in [1.54, 1.807) is 18.3 Å². The van der Waals surface area contributed by atoms with Gasteiger partial charge < -0.3 is 13.6 Å². The lowest BCUT2D eigenvalue weighted by Gasteiger charge is -2.26. The van der Waals surface area contributed by atoms with Gasteiger partial charge in [0, 0.05) is 18.3 Å². The van der Waals surface area contributed by atoms with E-state index in [2.05, 4.69) is 4.98 Å². The maximum Gasteiger partial charge on any atom is 0.404 e. The maximum absolute atomic E-state index is 15.0. The number of halogens is 2. The number of aromatic nitrogens is 3. The summed E-state index contributed by atoms with van der Waals surface area (Å²) in [5, 5.41) is 0. The van der Waals surface area contributed by atoms with Crippen molar-refractivity contribution in [2.45, 2.75) is 26.1 Å². The van der Waals surface area contributed by atoms with Crippen molar-refractivity contribution in [1.29, 1.82) is 0 Å². The van der Waals surface area contributed by atoms with E-state index in [0.29, 0.717) is 18.1 Å². The van der Waals surface area contributed by atoms with E-state index < -0.39 is 18.8 Å². The Morgan fingerprint density at radius 2 is 1.61 bits per heavy atom. The third kappa shape index (κ3) is 4.47. The normalized spacial score (nSPS) is 12.4. The molecule has 0 saturated heterocycles. The Balaban J connectivity index is 1.69. The van der Waals surface area contributed by atoms with Gasteiger partial charge in [0.05, 0.1) is 24.2 Å². The fourth-order valence-electron chi connectivity index (χ4n) is 3.62. The van der Waals surface area contributed by atoms with Crippen molar-refractivity contribution in [3.8, 4) is 11.5 Å². The maximum atomic E-state index is 15.0. The Kier molecular flexibility index (Phi) is 6.70. The quantitative estimate of drug-likeness (QED) is 0.262. The van der Waals surface area contributed by atoms with Crippen LogP contribution in [0.5, 0.6) is 0 Å². The third-order valence-corrected chi connectivity index (χ3v) is 7.27. The zero-order valence-corrected chi connectivity index (χ0v) is 19.2. The Morgan fingerprint density at radius 3 is 2.24 bits per heavy atom. The fraction of sp³-hybridized carbons (Fsp3) is 0.250. The van der Waals surface area contributed by atoms with Gasteiger partial charge >= 0.3 is 13.3 Å². The molecule has 4 rings (SSSR count). The number of benzene rings is 2. The molecule has 0 bridgehead atoms. The summed E-state index contributed by atoms with van der Waals surface area (Å²) in [5.41, 5.74) is -0.973. The molecule has 33 heavy (non-hydrogen) atoms. The van der Waals surface area contributed by atoms with E-state index in [1.807, 2.05) is 47.0 Å². The first-order chi connectivity index (χ1) is 15.9. The minimum Gasteiger partial charge on any atom is -0.318 e. The summed E-state index contributed by atoms with van der Waals surface area (Å²) in [6, 6.07) is 19.0. The van der Waals surface area contributed by atoms with Gasteiger partial charge in [-0.2, -0.15) is 8.78 Å². The van der Waals surface area contributed by atoms with Gasteiger partial charge in [-0.1, -0.05) is 42.5 Å². The summed E-state index contributed by atoms with van der Waals surface area (Å²) >= 11 is 0. The zero-order valence-electron chi connectivity index (χ0n) is 18.3. The summed E-state index contributed by atoms with van der Waals surface area (Å²) in [6.07, 6.45) is 1.70. The highest BCUT2D eigenvalue weighted by molar-refractivity contribution is 7.54. The zero-order chi connectivity index (χ0) is 23.5. The van der Waals surface area contributed by atoms with Gasteiger partial charge in [0.25, 0.3) is 0 Å². The van der Waals surface area contributed by atoms with Crippen LogP contribution in [0.2, 0.25) is 0 Å². The SMILES string of the molecule is CCOP(=O)(OCC)C(F)(F)c1ccc(Cn2c(-c3ccccn3)nc3ccccc32)cc1. The molecule has 0 aliphatic rings. The number of alkyl halides is 2. The van der Waals surface area contributed by atoms with Crippen molar-refractivity contribution in [2.75, 3.05) is 13.2 Å². The Hall–Kier alpha value is -2.93. The molecule has 2 aromatic carbocycles. The second-order valence-corrected chi connectivity index (χ2v) is 9.37. The summed E-state index contributed by atoms with van der Waals surface area (Å²) in [7, 11) is -4.65. The second kappa shape index (κ2) is 9.51. The van der Waals surface area contributed by atoms with Gasteiger partial charge in [0.15, 0.2) is 5.82 Å². The standard InChI is InChI=1S/C24H24F2N3O3P/c1-3-31-33(30,32-4-2)24(25,26)19-14-12-18(13-15-19)17-29-22-11-6-5-9-20(22)28-23(29)21-10-7-8-16-27-21/h5-16H,3-4,17H2,1-2H3. The first-order valence-corrected chi connectivity index (χ1v) is 12.2. The summed E-state index contributed by atoms with van der Waals surface area (Å²) < 4.78 is 54.6. The average Bonchev–Trinajstić information content (AvgIpc) is 3.19. The molecule has 2 heterocycles. The minimum absolute atomic E-state index is 0.144. The number of rotatable bonds is 9. The van der Waals surface area contributed by atoms with Gasteiger partial charge in [-0.3, -0.25) is 9.55 Å². The molecule has 0 N–H and O–H groups in total. The van der Waals surface area contributed by atoms with Crippen LogP contribution in [0.1, 0.15) is 25.0 Å². The number of hydrogen-bond acceptors (Lipinski definition) is 5. The predicted molar refractivity (Wildman–Crippen MR) is 123 cm³/mol. The summed E-state index contributed by atoms with van der Waals surface area (Å²) in [4.78, 5) is 9.13. The van der Waals surface area contributed by atoms with Crippen LogP contribution >= 0.6 is 7.60 Å². The first kappa shape index (κ1) is 23.2. The molecular formula is C24H24F2N3O3P. The van der Waals surface area contributed by atoms with Gasteiger partial charge in [0.1, 0.15) is 5.69 Å². The fourth-order valence-corrected chi connectivity index (χ4v) is 5.16. The monoisotopic (exact) mass is 471 g/mol. The lowest BCUT2D eigenvalue weighted by Crippen LogP contribution is -2.18. The van der Waals surface area contributed by atoms with Crippen LogP contribution in [0, 0.1) is 0 Å². The third-order valence-electron chi connectivity index (χ3n) is 5.13. The molecule has 2 aromatic heterocycles. The van der Waals surface area contributed by atoms with Crippen LogP contribution in [0.4, 0.5) is 8.78 Å². The molecule has 0 saturated carbocycles. The van der Waals surface area contributed by atoms with Crippen LogP contribution in [-0.2, 0) is 25.8 Å². The highest BCUT2D eigenvalue weighted by Gasteiger charge is 2.54. The number of fused-ring (bicyclic) bond motifs is 1. The average molecular weight is 471 g/mol. The largest absolute Gasteiger partial charge is 0.404 e. The van der Waals surface area contributed by atoms with Crippen molar-refractivity contribution in [1.82, 2.24) is 14.5 Å². The minimum atomic E-state index is -4.65. The van der Waals surface area contributed by atoms with Crippen molar-refractivity contribution < 1.29 is 22.4 Å². The molecule has 0 aliphatic heterocycles. The topological polar surface area (TPSA) is 66.2 Å². The predicted octanol–water partition coefficient (Wildman–Crippen LogP) is 6.46. The molecule has 0 unspecified atom stereocenters. The Morgan fingerprint density at radius 1 is 0.939 bits per heavy atom. The molecule has 0 fully saturated rings. The van der Waals surface area contributed by atoms with Crippen molar-refractivity contribution in [3.05, 3.63) is 84.1 Å². The van der Waals surface area contributed by atoms with Gasteiger partial charge in [0.2, 0.25) is 0 Å². The Bertz CT molecular complexity index is 1270. The molecule has 0 aliphatic carbocycles. The second-order valence-electron chi connectivity index (χ2n) is 7.30. The first-order valence-electron chi connectivity index (χ1n) is 10.6. The number of para-hydroxylation sites is 2. The van der Waals surface area contributed by atoms with E-state index >= 15 is 8.78 Å². The van der Waals surface area contributed by atoms with Crippen LogP contribution in [0.15, 0.2) is 72.9 Å².